The maximum atomic E-state index is 11.3. The molecular weight excluding hydrogens is 374 g/mol. The lowest BCUT2D eigenvalue weighted by Gasteiger charge is -2.15. The molecule has 1 heterocycles. The van der Waals surface area contributed by atoms with E-state index in [-0.39, 0.29) is 5.92 Å². The number of carbonyl (C=O) groups is 1. The first-order chi connectivity index (χ1) is 11.0. The van der Waals surface area contributed by atoms with Crippen LogP contribution >= 0.6 is 27.3 Å². The number of carboxylic acid groups (broad SMARTS) is 1. The van der Waals surface area contributed by atoms with E-state index in [0.29, 0.717) is 25.4 Å². The lowest BCUT2D eigenvalue weighted by atomic mass is 9.97. The molecular formula is C18H22BrNO2S. The molecule has 2 aromatic rings. The number of aliphatic carboxylic acids is 1. The first kappa shape index (κ1) is 18.2. The van der Waals surface area contributed by atoms with Crippen molar-refractivity contribution in [1.82, 2.24) is 5.32 Å². The third-order valence-corrected chi connectivity index (χ3v) is 5.25. The van der Waals surface area contributed by atoms with E-state index in [9.17, 15) is 9.90 Å². The van der Waals surface area contributed by atoms with Crippen molar-refractivity contribution in [2.45, 2.75) is 26.8 Å². The Balaban J connectivity index is 1.89. The smallest absolute Gasteiger partial charge is 0.307 e. The van der Waals surface area contributed by atoms with Crippen molar-refractivity contribution in [3.8, 4) is 10.4 Å². The van der Waals surface area contributed by atoms with Crippen LogP contribution in [0.15, 0.2) is 40.9 Å². The van der Waals surface area contributed by atoms with Gasteiger partial charge in [0.1, 0.15) is 0 Å². The third kappa shape index (κ3) is 5.75. The van der Waals surface area contributed by atoms with Crippen molar-refractivity contribution < 1.29 is 9.90 Å². The normalized spacial score (nSPS) is 12.5. The fraction of sp³-hybridized carbons (Fsp3) is 0.389. The molecule has 5 heteroatoms. The van der Waals surface area contributed by atoms with Gasteiger partial charge in [-0.3, -0.25) is 4.79 Å². The fourth-order valence-electron chi connectivity index (χ4n) is 2.45. The molecule has 0 bridgehead atoms. The summed E-state index contributed by atoms with van der Waals surface area (Å²) in [6, 6.07) is 12.5. The van der Waals surface area contributed by atoms with E-state index in [1.54, 1.807) is 11.3 Å². The first-order valence-electron chi connectivity index (χ1n) is 7.74. The van der Waals surface area contributed by atoms with Crippen LogP contribution in [0, 0.1) is 11.8 Å². The summed E-state index contributed by atoms with van der Waals surface area (Å²) in [7, 11) is 0. The summed E-state index contributed by atoms with van der Waals surface area (Å²) in [4.78, 5) is 13.7. The van der Waals surface area contributed by atoms with Crippen molar-refractivity contribution >= 4 is 33.2 Å². The van der Waals surface area contributed by atoms with Gasteiger partial charge in [0.2, 0.25) is 0 Å². The van der Waals surface area contributed by atoms with Crippen LogP contribution in [-0.2, 0) is 11.3 Å². The average Bonchev–Trinajstić information content (AvgIpc) is 2.95. The highest BCUT2D eigenvalue weighted by molar-refractivity contribution is 9.10. The van der Waals surface area contributed by atoms with E-state index in [2.05, 4.69) is 59.4 Å². The zero-order valence-electron chi connectivity index (χ0n) is 13.4. The van der Waals surface area contributed by atoms with E-state index < -0.39 is 5.97 Å². The second-order valence-electron chi connectivity index (χ2n) is 6.07. The molecule has 1 atom stereocenters. The Morgan fingerprint density at radius 1 is 1.22 bits per heavy atom. The minimum Gasteiger partial charge on any atom is -0.481 e. The fourth-order valence-corrected chi connectivity index (χ4v) is 3.70. The quantitative estimate of drug-likeness (QED) is 0.659. The molecule has 2 N–H and O–H groups in total. The SMILES string of the molecule is CC(C)CC(CNCc1ccc(-c2ccc(Br)cc2)s1)C(=O)O. The maximum absolute atomic E-state index is 11.3. The summed E-state index contributed by atoms with van der Waals surface area (Å²) in [6.45, 7) is 5.33. The molecule has 0 aliphatic heterocycles. The van der Waals surface area contributed by atoms with Gasteiger partial charge in [-0.2, -0.15) is 0 Å². The van der Waals surface area contributed by atoms with Gasteiger partial charge in [-0.25, -0.2) is 0 Å². The number of nitrogens with one attached hydrogen (secondary N) is 1. The van der Waals surface area contributed by atoms with Crippen LogP contribution in [0.5, 0.6) is 0 Å². The zero-order chi connectivity index (χ0) is 16.8. The molecule has 0 saturated heterocycles. The van der Waals surface area contributed by atoms with Crippen LogP contribution < -0.4 is 5.32 Å². The third-order valence-electron chi connectivity index (χ3n) is 3.59. The van der Waals surface area contributed by atoms with Crippen LogP contribution in [0.4, 0.5) is 0 Å². The summed E-state index contributed by atoms with van der Waals surface area (Å²) in [5.74, 6) is -0.641. The minimum atomic E-state index is -0.715. The van der Waals surface area contributed by atoms with Crippen molar-refractivity contribution in [3.05, 3.63) is 45.7 Å². The molecule has 124 valence electrons. The number of thiophene rings is 1. The van der Waals surface area contributed by atoms with E-state index in [1.165, 1.54) is 15.3 Å². The summed E-state index contributed by atoms with van der Waals surface area (Å²) in [5.41, 5.74) is 1.20. The van der Waals surface area contributed by atoms with E-state index in [4.69, 9.17) is 0 Å². The van der Waals surface area contributed by atoms with Gasteiger partial charge in [-0.1, -0.05) is 41.9 Å². The molecule has 1 unspecified atom stereocenters. The molecule has 0 amide bonds. The summed E-state index contributed by atoms with van der Waals surface area (Å²) in [6.07, 6.45) is 0.705. The van der Waals surface area contributed by atoms with Gasteiger partial charge in [0.15, 0.2) is 0 Å². The molecule has 0 aliphatic carbocycles. The van der Waals surface area contributed by atoms with E-state index in [0.717, 1.165) is 4.47 Å². The Morgan fingerprint density at radius 2 is 1.91 bits per heavy atom. The molecule has 23 heavy (non-hydrogen) atoms. The molecule has 0 saturated carbocycles. The second-order valence-corrected chi connectivity index (χ2v) is 8.15. The number of carboxylic acids is 1. The van der Waals surface area contributed by atoms with Crippen molar-refractivity contribution in [3.63, 3.8) is 0 Å². The van der Waals surface area contributed by atoms with Gasteiger partial charge in [0.25, 0.3) is 0 Å². The molecule has 3 nitrogen and oxygen atoms in total. The summed E-state index contributed by atoms with van der Waals surface area (Å²) >= 11 is 5.19. The maximum Gasteiger partial charge on any atom is 0.307 e. The Bertz CT molecular complexity index is 637. The Morgan fingerprint density at radius 3 is 2.52 bits per heavy atom. The van der Waals surface area contributed by atoms with Gasteiger partial charge in [0, 0.05) is 27.3 Å². The predicted octanol–water partition coefficient (Wildman–Crippen LogP) is 5.01. The number of rotatable bonds is 8. The van der Waals surface area contributed by atoms with Gasteiger partial charge in [-0.15, -0.1) is 11.3 Å². The molecule has 0 radical (unpaired) electrons. The monoisotopic (exact) mass is 395 g/mol. The average molecular weight is 396 g/mol. The number of hydrogen-bond acceptors (Lipinski definition) is 3. The van der Waals surface area contributed by atoms with Gasteiger partial charge in [0.05, 0.1) is 5.92 Å². The van der Waals surface area contributed by atoms with Gasteiger partial charge in [-0.05, 0) is 42.2 Å². The van der Waals surface area contributed by atoms with Crippen LogP contribution in [0.25, 0.3) is 10.4 Å². The Kier molecular flexibility index (Phi) is 6.81. The lowest BCUT2D eigenvalue weighted by molar-refractivity contribution is -0.142. The summed E-state index contributed by atoms with van der Waals surface area (Å²) in [5, 5.41) is 12.5. The van der Waals surface area contributed by atoms with E-state index >= 15 is 0 Å². The summed E-state index contributed by atoms with van der Waals surface area (Å²) < 4.78 is 1.07. The van der Waals surface area contributed by atoms with Crippen LogP contribution in [0.3, 0.4) is 0 Å². The Hall–Kier alpha value is -1.17. The van der Waals surface area contributed by atoms with Crippen molar-refractivity contribution in [2.75, 3.05) is 6.54 Å². The topological polar surface area (TPSA) is 49.3 Å². The number of benzene rings is 1. The molecule has 2 rings (SSSR count). The molecule has 0 aliphatic rings. The van der Waals surface area contributed by atoms with Crippen LogP contribution in [-0.4, -0.2) is 17.6 Å². The molecule has 1 aromatic carbocycles. The van der Waals surface area contributed by atoms with Crippen molar-refractivity contribution in [2.24, 2.45) is 11.8 Å². The molecule has 0 spiro atoms. The highest BCUT2D eigenvalue weighted by Gasteiger charge is 2.18. The van der Waals surface area contributed by atoms with Crippen LogP contribution in [0.1, 0.15) is 25.1 Å². The van der Waals surface area contributed by atoms with Gasteiger partial charge < -0.3 is 10.4 Å². The predicted molar refractivity (Wildman–Crippen MR) is 99.7 cm³/mol. The standard InChI is InChI=1S/C18H22BrNO2S/c1-12(2)9-14(18(21)22)10-20-11-16-7-8-17(23-16)13-3-5-15(19)6-4-13/h3-8,12,14,20H,9-11H2,1-2H3,(H,21,22). The first-order valence-corrected chi connectivity index (χ1v) is 9.35. The largest absolute Gasteiger partial charge is 0.481 e. The van der Waals surface area contributed by atoms with E-state index in [1.807, 2.05) is 12.1 Å². The highest BCUT2D eigenvalue weighted by Crippen LogP contribution is 2.29. The minimum absolute atomic E-state index is 0.319. The second kappa shape index (κ2) is 8.62. The van der Waals surface area contributed by atoms with Gasteiger partial charge >= 0.3 is 5.97 Å². The number of halogens is 1. The van der Waals surface area contributed by atoms with Crippen molar-refractivity contribution in [1.29, 1.82) is 0 Å². The molecule has 0 fully saturated rings. The van der Waals surface area contributed by atoms with Crippen LogP contribution in [0.2, 0.25) is 0 Å². The molecule has 1 aromatic heterocycles. The Labute approximate surface area is 149 Å². The lowest BCUT2D eigenvalue weighted by Crippen LogP contribution is -2.29. The zero-order valence-corrected chi connectivity index (χ0v) is 15.8. The number of hydrogen-bond donors (Lipinski definition) is 2. The highest BCUT2D eigenvalue weighted by atomic mass is 79.9.